The van der Waals surface area contributed by atoms with Crippen molar-refractivity contribution >= 4 is 22.7 Å². The van der Waals surface area contributed by atoms with Crippen molar-refractivity contribution in [3.8, 4) is 0 Å². The van der Waals surface area contributed by atoms with Gasteiger partial charge < -0.3 is 9.88 Å². The van der Waals surface area contributed by atoms with Crippen molar-refractivity contribution in [1.82, 2.24) is 9.88 Å². The largest absolute Gasteiger partial charge is 0.347 e. The summed E-state index contributed by atoms with van der Waals surface area (Å²) in [5, 5.41) is 4.97. The standard InChI is InChI=1S/C18H28N2S/c1-5-21-13-7-11-20-12-10-16-15(8-6-9-17(16)20)14-19-18(2,3)4/h6,8-10,12,19H,5,7,11,13-14H2,1-4H3. The third kappa shape index (κ3) is 4.79. The molecule has 0 atom stereocenters. The summed E-state index contributed by atoms with van der Waals surface area (Å²) in [6, 6.07) is 8.92. The van der Waals surface area contributed by atoms with Crippen LogP contribution in [0.5, 0.6) is 0 Å². The zero-order chi connectivity index (χ0) is 15.3. The number of rotatable bonds is 7. The number of nitrogens with zero attached hydrogens (tertiary/aromatic N) is 1. The highest BCUT2D eigenvalue weighted by Crippen LogP contribution is 2.21. The zero-order valence-corrected chi connectivity index (χ0v) is 14.6. The van der Waals surface area contributed by atoms with Crippen molar-refractivity contribution in [2.45, 2.75) is 52.7 Å². The van der Waals surface area contributed by atoms with Crippen LogP contribution >= 0.6 is 11.8 Å². The highest BCUT2D eigenvalue weighted by Gasteiger charge is 2.11. The lowest BCUT2D eigenvalue weighted by molar-refractivity contribution is 0.425. The predicted molar refractivity (Wildman–Crippen MR) is 96.1 cm³/mol. The molecule has 0 spiro atoms. The Balaban J connectivity index is 2.09. The van der Waals surface area contributed by atoms with E-state index >= 15 is 0 Å². The van der Waals surface area contributed by atoms with Crippen molar-refractivity contribution in [3.05, 3.63) is 36.0 Å². The van der Waals surface area contributed by atoms with Crippen LogP contribution in [-0.4, -0.2) is 21.6 Å². The fourth-order valence-electron chi connectivity index (χ4n) is 2.48. The van der Waals surface area contributed by atoms with Crippen LogP contribution in [0.15, 0.2) is 30.5 Å². The molecule has 0 bridgehead atoms. The molecule has 0 fully saturated rings. The highest BCUT2D eigenvalue weighted by molar-refractivity contribution is 7.99. The lowest BCUT2D eigenvalue weighted by atomic mass is 10.1. The first-order chi connectivity index (χ1) is 10.0. The van der Waals surface area contributed by atoms with Gasteiger partial charge in [-0.1, -0.05) is 19.1 Å². The van der Waals surface area contributed by atoms with E-state index in [2.05, 4.69) is 68.0 Å². The molecular weight excluding hydrogens is 276 g/mol. The van der Waals surface area contributed by atoms with E-state index in [1.165, 1.54) is 34.4 Å². The summed E-state index contributed by atoms with van der Waals surface area (Å²) in [5.74, 6) is 2.47. The Kier molecular flexibility index (Phi) is 5.77. The molecule has 0 saturated heterocycles. The quantitative estimate of drug-likeness (QED) is 0.748. The average Bonchev–Trinajstić information content (AvgIpc) is 2.84. The molecule has 1 aromatic carbocycles. The van der Waals surface area contributed by atoms with Gasteiger partial charge in [-0.25, -0.2) is 0 Å². The van der Waals surface area contributed by atoms with Crippen LogP contribution < -0.4 is 5.32 Å². The molecule has 2 nitrogen and oxygen atoms in total. The van der Waals surface area contributed by atoms with E-state index in [4.69, 9.17) is 0 Å². The van der Waals surface area contributed by atoms with E-state index in [0.717, 1.165) is 13.1 Å². The minimum Gasteiger partial charge on any atom is -0.347 e. The van der Waals surface area contributed by atoms with Gasteiger partial charge >= 0.3 is 0 Å². The number of benzene rings is 1. The van der Waals surface area contributed by atoms with Crippen molar-refractivity contribution in [2.24, 2.45) is 0 Å². The number of hydrogen-bond acceptors (Lipinski definition) is 2. The van der Waals surface area contributed by atoms with Gasteiger partial charge in [0.15, 0.2) is 0 Å². The third-order valence-corrected chi connectivity index (χ3v) is 4.59. The highest BCUT2D eigenvalue weighted by atomic mass is 32.2. The monoisotopic (exact) mass is 304 g/mol. The van der Waals surface area contributed by atoms with Crippen LogP contribution in [0, 0.1) is 0 Å². The summed E-state index contributed by atoms with van der Waals surface area (Å²) in [6.07, 6.45) is 3.48. The number of hydrogen-bond donors (Lipinski definition) is 1. The number of aryl methyl sites for hydroxylation is 1. The maximum Gasteiger partial charge on any atom is 0.0483 e. The Morgan fingerprint density at radius 2 is 2.00 bits per heavy atom. The van der Waals surface area contributed by atoms with Crippen molar-refractivity contribution in [1.29, 1.82) is 0 Å². The summed E-state index contributed by atoms with van der Waals surface area (Å²) < 4.78 is 2.39. The van der Waals surface area contributed by atoms with Crippen LogP contribution in [-0.2, 0) is 13.1 Å². The number of nitrogens with one attached hydrogen (secondary N) is 1. The smallest absolute Gasteiger partial charge is 0.0483 e. The second-order valence-corrected chi connectivity index (χ2v) is 7.91. The fourth-order valence-corrected chi connectivity index (χ4v) is 3.10. The average molecular weight is 305 g/mol. The molecule has 0 radical (unpaired) electrons. The number of fused-ring (bicyclic) bond motifs is 1. The molecule has 0 aliphatic rings. The normalized spacial score (nSPS) is 12.2. The van der Waals surface area contributed by atoms with Crippen molar-refractivity contribution in [2.75, 3.05) is 11.5 Å². The van der Waals surface area contributed by atoms with Gasteiger partial charge in [-0.15, -0.1) is 0 Å². The molecule has 1 aromatic heterocycles. The second kappa shape index (κ2) is 7.37. The Morgan fingerprint density at radius 1 is 1.19 bits per heavy atom. The Hall–Kier alpha value is -0.930. The summed E-state index contributed by atoms with van der Waals surface area (Å²) in [5.41, 5.74) is 2.91. The molecule has 0 aliphatic carbocycles. The molecule has 1 N–H and O–H groups in total. The number of thioether (sulfide) groups is 1. The maximum atomic E-state index is 3.59. The van der Waals surface area contributed by atoms with Gasteiger partial charge in [0.25, 0.3) is 0 Å². The van der Waals surface area contributed by atoms with Crippen LogP contribution in [0.4, 0.5) is 0 Å². The van der Waals surface area contributed by atoms with E-state index in [-0.39, 0.29) is 5.54 Å². The summed E-state index contributed by atoms with van der Waals surface area (Å²) in [6.45, 7) is 10.9. The first-order valence-electron chi connectivity index (χ1n) is 7.91. The third-order valence-electron chi connectivity index (χ3n) is 3.60. The van der Waals surface area contributed by atoms with Crippen LogP contribution in [0.2, 0.25) is 0 Å². The first-order valence-corrected chi connectivity index (χ1v) is 9.06. The summed E-state index contributed by atoms with van der Waals surface area (Å²) in [7, 11) is 0. The topological polar surface area (TPSA) is 17.0 Å². The van der Waals surface area contributed by atoms with Gasteiger partial charge in [-0.05, 0) is 56.4 Å². The van der Waals surface area contributed by atoms with E-state index in [0.29, 0.717) is 0 Å². The Bertz CT molecular complexity index is 566. The lowest BCUT2D eigenvalue weighted by Gasteiger charge is -2.21. The van der Waals surface area contributed by atoms with Crippen molar-refractivity contribution < 1.29 is 0 Å². The minimum absolute atomic E-state index is 0.155. The molecule has 116 valence electrons. The Morgan fingerprint density at radius 3 is 2.71 bits per heavy atom. The molecule has 0 unspecified atom stereocenters. The molecule has 0 saturated carbocycles. The van der Waals surface area contributed by atoms with E-state index in [1.807, 2.05) is 11.8 Å². The van der Waals surface area contributed by atoms with Crippen LogP contribution in [0.1, 0.15) is 39.7 Å². The van der Waals surface area contributed by atoms with Gasteiger partial charge in [0, 0.05) is 35.7 Å². The molecule has 1 heterocycles. The molecule has 0 aliphatic heterocycles. The van der Waals surface area contributed by atoms with E-state index < -0.39 is 0 Å². The van der Waals surface area contributed by atoms with E-state index in [1.54, 1.807) is 0 Å². The van der Waals surface area contributed by atoms with E-state index in [9.17, 15) is 0 Å². The molecule has 21 heavy (non-hydrogen) atoms. The second-order valence-electron chi connectivity index (χ2n) is 6.51. The zero-order valence-electron chi connectivity index (χ0n) is 13.8. The van der Waals surface area contributed by atoms with Gasteiger partial charge in [0.2, 0.25) is 0 Å². The number of aromatic nitrogens is 1. The lowest BCUT2D eigenvalue weighted by Crippen LogP contribution is -2.35. The molecular formula is C18H28N2S. The first kappa shape index (κ1) is 16.4. The fraction of sp³-hybridized carbons (Fsp3) is 0.556. The SMILES string of the molecule is CCSCCCn1ccc2c(CNC(C)(C)C)cccc21. The predicted octanol–water partition coefficient (Wildman–Crippen LogP) is 4.67. The van der Waals surface area contributed by atoms with Crippen LogP contribution in [0.25, 0.3) is 10.9 Å². The van der Waals surface area contributed by atoms with Gasteiger partial charge in [0.05, 0.1) is 0 Å². The van der Waals surface area contributed by atoms with Gasteiger partial charge in [-0.2, -0.15) is 11.8 Å². The van der Waals surface area contributed by atoms with Crippen molar-refractivity contribution in [3.63, 3.8) is 0 Å². The molecule has 3 heteroatoms. The molecule has 2 aromatic rings. The van der Waals surface area contributed by atoms with Crippen LogP contribution in [0.3, 0.4) is 0 Å². The van der Waals surface area contributed by atoms with Gasteiger partial charge in [-0.3, -0.25) is 0 Å². The molecule has 2 rings (SSSR count). The summed E-state index contributed by atoms with van der Waals surface area (Å²) in [4.78, 5) is 0. The maximum absolute atomic E-state index is 3.59. The molecule has 0 amide bonds. The summed E-state index contributed by atoms with van der Waals surface area (Å²) >= 11 is 2.03. The van der Waals surface area contributed by atoms with Gasteiger partial charge in [0.1, 0.15) is 0 Å². The minimum atomic E-state index is 0.155. The Labute approximate surface area is 133 Å².